The second-order valence-electron chi connectivity index (χ2n) is 2.29. The normalized spacial score (nSPS) is 14.9. The molecule has 0 N–H and O–H groups in total. The molecule has 0 aromatic heterocycles. The molecule has 0 aliphatic carbocycles. The Balaban J connectivity index is 2.28. The van der Waals surface area contributed by atoms with Gasteiger partial charge < -0.3 is 9.57 Å². The quantitative estimate of drug-likeness (QED) is 0.634. The molecule has 1 aromatic carbocycles. The Morgan fingerprint density at radius 3 is 2.58 bits per heavy atom. The summed E-state index contributed by atoms with van der Waals surface area (Å²) >= 11 is 0. The van der Waals surface area contributed by atoms with E-state index in [0.717, 1.165) is 0 Å². The number of rotatable bonds is 1. The number of hydrogen-bond acceptors (Lipinski definition) is 3. The van der Waals surface area contributed by atoms with Gasteiger partial charge in [0, 0.05) is 5.56 Å². The van der Waals surface area contributed by atoms with Gasteiger partial charge in [-0.15, -0.1) is 0 Å². The van der Waals surface area contributed by atoms with Gasteiger partial charge in [-0.3, -0.25) is 0 Å². The van der Waals surface area contributed by atoms with Crippen molar-refractivity contribution in [2.75, 3.05) is 6.79 Å². The topological polar surface area (TPSA) is 30.8 Å². The fourth-order valence-corrected chi connectivity index (χ4v) is 0.922. The number of benzene rings is 1. The summed E-state index contributed by atoms with van der Waals surface area (Å²) < 4.78 is 17.4. The molecule has 4 heteroatoms. The molecule has 3 nitrogen and oxygen atoms in total. The third kappa shape index (κ3) is 1.23. The summed E-state index contributed by atoms with van der Waals surface area (Å²) in [7, 11) is 0. The van der Waals surface area contributed by atoms with Crippen LogP contribution in [0.2, 0.25) is 0 Å². The van der Waals surface area contributed by atoms with Crippen molar-refractivity contribution in [1.82, 2.24) is 0 Å². The zero-order valence-electron chi connectivity index (χ0n) is 6.16. The van der Waals surface area contributed by atoms with Crippen LogP contribution in [0, 0.1) is 5.82 Å². The highest BCUT2D eigenvalue weighted by atomic mass is 19.1. The number of oxime groups is 1. The van der Waals surface area contributed by atoms with E-state index in [1.807, 2.05) is 0 Å². The summed E-state index contributed by atoms with van der Waals surface area (Å²) in [5, 5.41) is 3.61. The van der Waals surface area contributed by atoms with Crippen LogP contribution in [0.25, 0.3) is 0 Å². The highest BCUT2D eigenvalue weighted by Gasteiger charge is 2.10. The maximum atomic E-state index is 12.5. The molecule has 0 spiro atoms. The van der Waals surface area contributed by atoms with Gasteiger partial charge in [-0.25, -0.2) is 4.39 Å². The molecule has 62 valence electrons. The zero-order valence-corrected chi connectivity index (χ0v) is 6.16. The average molecular weight is 167 g/mol. The van der Waals surface area contributed by atoms with E-state index in [1.165, 1.54) is 12.1 Å². The molecule has 1 aliphatic rings. The van der Waals surface area contributed by atoms with E-state index in [2.05, 4.69) is 9.99 Å². The molecule has 0 unspecified atom stereocenters. The maximum Gasteiger partial charge on any atom is 0.260 e. The molecule has 12 heavy (non-hydrogen) atoms. The molecule has 0 atom stereocenters. The first kappa shape index (κ1) is 7.09. The number of hydrogen-bond donors (Lipinski definition) is 0. The van der Waals surface area contributed by atoms with Crippen LogP contribution in [0.3, 0.4) is 0 Å². The molecule has 0 amide bonds. The van der Waals surface area contributed by atoms with E-state index in [0.29, 0.717) is 11.5 Å². The standard InChI is InChI=1S/C8H6FNO2/c9-7-3-1-6(2-4-7)8-10-12-5-11-8/h1-4H,5H2. The zero-order chi connectivity index (χ0) is 8.39. The summed E-state index contributed by atoms with van der Waals surface area (Å²) in [6.45, 7) is 0.132. The molecule has 1 aromatic rings. The molecule has 0 saturated carbocycles. The van der Waals surface area contributed by atoms with Gasteiger partial charge in [-0.1, -0.05) is 0 Å². The fraction of sp³-hybridized carbons (Fsp3) is 0.125. The van der Waals surface area contributed by atoms with E-state index < -0.39 is 0 Å². The van der Waals surface area contributed by atoms with E-state index in [9.17, 15) is 4.39 Å². The summed E-state index contributed by atoms with van der Waals surface area (Å²) in [6, 6.07) is 5.87. The van der Waals surface area contributed by atoms with Crippen LogP contribution in [0.4, 0.5) is 4.39 Å². The minimum atomic E-state index is -0.279. The van der Waals surface area contributed by atoms with Crippen LogP contribution in [0.15, 0.2) is 29.4 Å². The smallest absolute Gasteiger partial charge is 0.260 e. The lowest BCUT2D eigenvalue weighted by Crippen LogP contribution is -2.00. The van der Waals surface area contributed by atoms with Gasteiger partial charge in [0.15, 0.2) is 0 Å². The van der Waals surface area contributed by atoms with Gasteiger partial charge in [0.1, 0.15) is 5.82 Å². The van der Waals surface area contributed by atoms with Gasteiger partial charge >= 0.3 is 0 Å². The van der Waals surface area contributed by atoms with Crippen molar-refractivity contribution in [2.24, 2.45) is 5.16 Å². The minimum absolute atomic E-state index is 0.132. The molecular weight excluding hydrogens is 161 g/mol. The maximum absolute atomic E-state index is 12.5. The van der Waals surface area contributed by atoms with Crippen molar-refractivity contribution in [3.63, 3.8) is 0 Å². The summed E-state index contributed by atoms with van der Waals surface area (Å²) in [5.74, 6) is 0.119. The highest BCUT2D eigenvalue weighted by Crippen LogP contribution is 2.08. The van der Waals surface area contributed by atoms with E-state index >= 15 is 0 Å². The largest absolute Gasteiger partial charge is 0.435 e. The SMILES string of the molecule is Fc1ccc(C2=NOCO2)cc1. The number of ether oxygens (including phenoxy) is 1. The van der Waals surface area contributed by atoms with Gasteiger partial charge in [0.25, 0.3) is 12.7 Å². The Hall–Kier alpha value is -1.58. The number of halogens is 1. The predicted molar refractivity (Wildman–Crippen MR) is 40.0 cm³/mol. The Labute approximate surface area is 68.4 Å². The molecule has 0 radical (unpaired) electrons. The van der Waals surface area contributed by atoms with Crippen LogP contribution < -0.4 is 0 Å². The van der Waals surface area contributed by atoms with Gasteiger partial charge in [0.2, 0.25) is 0 Å². The van der Waals surface area contributed by atoms with E-state index in [1.54, 1.807) is 12.1 Å². The van der Waals surface area contributed by atoms with Crippen LogP contribution in [-0.2, 0) is 9.57 Å². The second-order valence-corrected chi connectivity index (χ2v) is 2.29. The van der Waals surface area contributed by atoms with Crippen molar-refractivity contribution < 1.29 is 14.0 Å². The van der Waals surface area contributed by atoms with Crippen LogP contribution >= 0.6 is 0 Å². The Bertz CT molecular complexity index is 307. The highest BCUT2D eigenvalue weighted by molar-refractivity contribution is 5.94. The molecule has 1 heterocycles. The second kappa shape index (κ2) is 2.81. The lowest BCUT2D eigenvalue weighted by molar-refractivity contribution is 0.0583. The van der Waals surface area contributed by atoms with E-state index in [-0.39, 0.29) is 12.6 Å². The van der Waals surface area contributed by atoms with Crippen molar-refractivity contribution >= 4 is 5.90 Å². The average Bonchev–Trinajstić information content (AvgIpc) is 2.58. The van der Waals surface area contributed by atoms with Crippen LogP contribution in [-0.4, -0.2) is 12.7 Å². The lowest BCUT2D eigenvalue weighted by Gasteiger charge is -1.96. The minimum Gasteiger partial charge on any atom is -0.435 e. The van der Waals surface area contributed by atoms with Crippen molar-refractivity contribution in [3.05, 3.63) is 35.6 Å². The van der Waals surface area contributed by atoms with Crippen LogP contribution in [0.5, 0.6) is 0 Å². The molecule has 0 bridgehead atoms. The number of nitrogens with zero attached hydrogens (tertiary/aromatic N) is 1. The first-order valence-electron chi connectivity index (χ1n) is 3.45. The molecule has 2 rings (SSSR count). The Kier molecular flexibility index (Phi) is 1.66. The third-order valence-corrected chi connectivity index (χ3v) is 1.49. The molecule has 0 fully saturated rings. The molecule has 1 aliphatic heterocycles. The van der Waals surface area contributed by atoms with Gasteiger partial charge in [-0.05, 0) is 29.4 Å². The van der Waals surface area contributed by atoms with Gasteiger partial charge in [-0.2, -0.15) is 0 Å². The lowest BCUT2D eigenvalue weighted by atomic mass is 10.2. The predicted octanol–water partition coefficient (Wildman–Crippen LogP) is 1.49. The molecule has 0 saturated heterocycles. The van der Waals surface area contributed by atoms with Gasteiger partial charge in [0.05, 0.1) is 0 Å². The first-order valence-corrected chi connectivity index (χ1v) is 3.45. The Morgan fingerprint density at radius 2 is 2.00 bits per heavy atom. The summed E-state index contributed by atoms with van der Waals surface area (Å²) in [4.78, 5) is 4.61. The monoisotopic (exact) mass is 167 g/mol. The third-order valence-electron chi connectivity index (χ3n) is 1.49. The summed E-state index contributed by atoms with van der Waals surface area (Å²) in [6.07, 6.45) is 0. The fourth-order valence-electron chi connectivity index (χ4n) is 0.922. The Morgan fingerprint density at radius 1 is 1.25 bits per heavy atom. The van der Waals surface area contributed by atoms with Crippen molar-refractivity contribution in [1.29, 1.82) is 0 Å². The van der Waals surface area contributed by atoms with E-state index in [4.69, 9.17) is 4.74 Å². The van der Waals surface area contributed by atoms with Crippen molar-refractivity contribution in [2.45, 2.75) is 0 Å². The first-order chi connectivity index (χ1) is 5.86. The molecular formula is C8H6FNO2. The van der Waals surface area contributed by atoms with Crippen LogP contribution in [0.1, 0.15) is 5.56 Å². The van der Waals surface area contributed by atoms with Crippen molar-refractivity contribution in [3.8, 4) is 0 Å². The summed E-state index contributed by atoms with van der Waals surface area (Å²) in [5.41, 5.74) is 0.717.